The number of aromatic nitrogens is 2. The first-order valence-electron chi connectivity index (χ1n) is 6.36. The number of aliphatic carboxylic acids is 1. The molecule has 1 aromatic carbocycles. The molecule has 0 saturated carbocycles. The van der Waals surface area contributed by atoms with Gasteiger partial charge in [0, 0.05) is 36.4 Å². The SMILES string of the molecule is O=C(O)C1CN(Cc2cnn(-c3ccc(Cl)cc3)c2)C1. The van der Waals surface area contributed by atoms with Crippen LogP contribution in [0.1, 0.15) is 5.56 Å². The molecule has 0 aliphatic carbocycles. The molecule has 0 unspecified atom stereocenters. The lowest BCUT2D eigenvalue weighted by Gasteiger charge is -2.36. The predicted octanol–water partition coefficient (Wildman–Crippen LogP) is 2.04. The van der Waals surface area contributed by atoms with Crippen molar-refractivity contribution < 1.29 is 9.90 Å². The fraction of sp³-hybridized carbons (Fsp3) is 0.286. The standard InChI is InChI=1S/C14H14ClN3O2/c15-12-1-3-13(4-2-12)18-7-10(5-16-18)6-17-8-11(9-17)14(19)20/h1-5,7,11H,6,8-9H2,(H,19,20). The first-order chi connectivity index (χ1) is 9.61. The lowest BCUT2D eigenvalue weighted by Crippen LogP contribution is -2.49. The van der Waals surface area contributed by atoms with Crippen LogP contribution in [0.2, 0.25) is 5.02 Å². The Labute approximate surface area is 121 Å². The Balaban J connectivity index is 1.63. The van der Waals surface area contributed by atoms with E-state index in [1.54, 1.807) is 4.68 Å². The average molecular weight is 292 g/mol. The second kappa shape index (κ2) is 5.26. The van der Waals surface area contributed by atoms with Gasteiger partial charge >= 0.3 is 5.97 Å². The van der Waals surface area contributed by atoms with E-state index in [0.717, 1.165) is 17.8 Å². The van der Waals surface area contributed by atoms with Gasteiger partial charge in [-0.25, -0.2) is 4.68 Å². The summed E-state index contributed by atoms with van der Waals surface area (Å²) >= 11 is 5.85. The van der Waals surface area contributed by atoms with Crippen molar-refractivity contribution in [3.05, 3.63) is 47.2 Å². The predicted molar refractivity (Wildman–Crippen MR) is 75.0 cm³/mol. The molecule has 1 aliphatic heterocycles. The molecule has 2 heterocycles. The number of benzene rings is 1. The highest BCUT2D eigenvalue weighted by Gasteiger charge is 2.32. The second-order valence-corrected chi connectivity index (χ2v) is 5.44. The number of rotatable bonds is 4. The van der Waals surface area contributed by atoms with Gasteiger partial charge in [0.1, 0.15) is 0 Å². The minimum absolute atomic E-state index is 0.221. The lowest BCUT2D eigenvalue weighted by atomic mass is 10.0. The van der Waals surface area contributed by atoms with Crippen LogP contribution < -0.4 is 0 Å². The number of halogens is 1. The highest BCUT2D eigenvalue weighted by Crippen LogP contribution is 2.19. The Bertz CT molecular complexity index is 618. The van der Waals surface area contributed by atoms with Gasteiger partial charge in [0.15, 0.2) is 0 Å². The van der Waals surface area contributed by atoms with Crippen LogP contribution in [-0.2, 0) is 11.3 Å². The van der Waals surface area contributed by atoms with Crippen molar-refractivity contribution in [3.63, 3.8) is 0 Å². The quantitative estimate of drug-likeness (QED) is 0.936. The van der Waals surface area contributed by atoms with Gasteiger partial charge in [-0.05, 0) is 24.3 Å². The molecular weight excluding hydrogens is 278 g/mol. The summed E-state index contributed by atoms with van der Waals surface area (Å²) in [6.45, 7) is 1.96. The van der Waals surface area contributed by atoms with Gasteiger partial charge in [-0.15, -0.1) is 0 Å². The van der Waals surface area contributed by atoms with Crippen LogP contribution in [0.4, 0.5) is 0 Å². The van der Waals surface area contributed by atoms with Gasteiger partial charge in [0.2, 0.25) is 0 Å². The van der Waals surface area contributed by atoms with Crippen molar-refractivity contribution in [3.8, 4) is 5.69 Å². The normalized spacial score (nSPS) is 16.1. The highest BCUT2D eigenvalue weighted by atomic mass is 35.5. The molecule has 1 saturated heterocycles. The Morgan fingerprint density at radius 3 is 2.70 bits per heavy atom. The van der Waals surface area contributed by atoms with Crippen LogP contribution in [-0.4, -0.2) is 38.8 Å². The van der Waals surface area contributed by atoms with Gasteiger partial charge in [0.25, 0.3) is 0 Å². The summed E-state index contributed by atoms with van der Waals surface area (Å²) in [5.41, 5.74) is 2.02. The number of carboxylic acid groups (broad SMARTS) is 1. The van der Waals surface area contributed by atoms with Crippen molar-refractivity contribution in [1.82, 2.24) is 14.7 Å². The molecule has 1 aromatic heterocycles. The summed E-state index contributed by atoms with van der Waals surface area (Å²) in [6, 6.07) is 7.46. The third-order valence-electron chi connectivity index (χ3n) is 3.44. The topological polar surface area (TPSA) is 58.4 Å². The number of hydrogen-bond donors (Lipinski definition) is 1. The van der Waals surface area contributed by atoms with E-state index in [4.69, 9.17) is 16.7 Å². The smallest absolute Gasteiger partial charge is 0.309 e. The van der Waals surface area contributed by atoms with E-state index in [1.807, 2.05) is 36.7 Å². The van der Waals surface area contributed by atoms with Gasteiger partial charge in [-0.2, -0.15) is 5.10 Å². The fourth-order valence-electron chi connectivity index (χ4n) is 2.29. The van der Waals surface area contributed by atoms with Crippen LogP contribution in [0.25, 0.3) is 5.69 Å². The van der Waals surface area contributed by atoms with Gasteiger partial charge in [0.05, 0.1) is 17.8 Å². The average Bonchev–Trinajstić information content (AvgIpc) is 2.82. The Kier molecular flexibility index (Phi) is 3.46. The van der Waals surface area contributed by atoms with Crippen molar-refractivity contribution in [2.24, 2.45) is 5.92 Å². The van der Waals surface area contributed by atoms with E-state index < -0.39 is 5.97 Å². The number of carboxylic acids is 1. The molecule has 1 aliphatic rings. The van der Waals surface area contributed by atoms with Crippen LogP contribution >= 0.6 is 11.6 Å². The van der Waals surface area contributed by atoms with Crippen LogP contribution in [0.3, 0.4) is 0 Å². The minimum Gasteiger partial charge on any atom is -0.481 e. The Hall–Kier alpha value is -1.85. The molecule has 1 N–H and O–H groups in total. The molecule has 104 valence electrons. The first-order valence-corrected chi connectivity index (χ1v) is 6.74. The fourth-order valence-corrected chi connectivity index (χ4v) is 2.42. The third kappa shape index (κ3) is 2.69. The van der Waals surface area contributed by atoms with Gasteiger partial charge in [-0.3, -0.25) is 9.69 Å². The maximum absolute atomic E-state index is 10.7. The summed E-state index contributed by atoms with van der Waals surface area (Å²) in [7, 11) is 0. The monoisotopic (exact) mass is 291 g/mol. The van der Waals surface area contributed by atoms with E-state index in [0.29, 0.717) is 18.1 Å². The number of nitrogens with zero attached hydrogens (tertiary/aromatic N) is 3. The van der Waals surface area contributed by atoms with Crippen LogP contribution in [0, 0.1) is 5.92 Å². The summed E-state index contributed by atoms with van der Waals surface area (Å²) in [5.74, 6) is -0.931. The maximum Gasteiger partial charge on any atom is 0.309 e. The molecule has 20 heavy (non-hydrogen) atoms. The minimum atomic E-state index is -0.710. The molecule has 0 spiro atoms. The molecule has 0 atom stereocenters. The van der Waals surface area contributed by atoms with Crippen LogP contribution in [0.5, 0.6) is 0 Å². The second-order valence-electron chi connectivity index (χ2n) is 5.00. The largest absolute Gasteiger partial charge is 0.481 e. The van der Waals surface area contributed by atoms with Gasteiger partial charge in [-0.1, -0.05) is 11.6 Å². The maximum atomic E-state index is 10.7. The molecule has 6 heteroatoms. The van der Waals surface area contributed by atoms with Gasteiger partial charge < -0.3 is 5.11 Å². The number of likely N-dealkylation sites (tertiary alicyclic amines) is 1. The van der Waals surface area contributed by atoms with E-state index in [-0.39, 0.29) is 5.92 Å². The summed E-state index contributed by atoms with van der Waals surface area (Å²) in [5, 5.41) is 13.8. The van der Waals surface area contributed by atoms with Crippen molar-refractivity contribution in [2.75, 3.05) is 13.1 Å². The van der Waals surface area contributed by atoms with Crippen molar-refractivity contribution >= 4 is 17.6 Å². The Morgan fingerprint density at radius 2 is 2.05 bits per heavy atom. The molecule has 0 radical (unpaired) electrons. The van der Waals surface area contributed by atoms with Crippen molar-refractivity contribution in [2.45, 2.75) is 6.54 Å². The molecule has 3 rings (SSSR count). The third-order valence-corrected chi connectivity index (χ3v) is 3.69. The summed E-state index contributed by atoms with van der Waals surface area (Å²) < 4.78 is 1.79. The molecular formula is C14H14ClN3O2. The molecule has 0 amide bonds. The van der Waals surface area contributed by atoms with E-state index in [1.165, 1.54) is 0 Å². The van der Waals surface area contributed by atoms with Crippen molar-refractivity contribution in [1.29, 1.82) is 0 Å². The lowest BCUT2D eigenvalue weighted by molar-refractivity contribution is -0.147. The molecule has 1 fully saturated rings. The zero-order valence-corrected chi connectivity index (χ0v) is 11.5. The summed E-state index contributed by atoms with van der Waals surface area (Å²) in [6.07, 6.45) is 3.76. The number of carbonyl (C=O) groups is 1. The zero-order valence-electron chi connectivity index (χ0n) is 10.7. The Morgan fingerprint density at radius 1 is 1.35 bits per heavy atom. The van der Waals surface area contributed by atoms with Crippen LogP contribution in [0.15, 0.2) is 36.7 Å². The first kappa shape index (κ1) is 13.1. The molecule has 2 aromatic rings. The molecule has 0 bridgehead atoms. The zero-order chi connectivity index (χ0) is 14.1. The number of hydrogen-bond acceptors (Lipinski definition) is 3. The van der Waals surface area contributed by atoms with E-state index >= 15 is 0 Å². The highest BCUT2D eigenvalue weighted by molar-refractivity contribution is 6.30. The van der Waals surface area contributed by atoms with E-state index in [2.05, 4.69) is 10.00 Å². The molecule has 5 nitrogen and oxygen atoms in total. The summed E-state index contributed by atoms with van der Waals surface area (Å²) in [4.78, 5) is 12.8. The van der Waals surface area contributed by atoms with E-state index in [9.17, 15) is 4.79 Å².